The van der Waals surface area contributed by atoms with E-state index in [9.17, 15) is 9.90 Å². The molecular weight excluding hydrogens is 226 g/mol. The van der Waals surface area contributed by atoms with E-state index in [2.05, 4.69) is 18.4 Å². The highest BCUT2D eigenvalue weighted by atomic mass is 16.3. The highest BCUT2D eigenvalue weighted by molar-refractivity contribution is 6.08. The number of rotatable bonds is 3. The Morgan fingerprint density at radius 3 is 2.61 bits per heavy atom. The van der Waals surface area contributed by atoms with Crippen LogP contribution in [0.2, 0.25) is 0 Å². The van der Waals surface area contributed by atoms with Crippen LogP contribution in [0.5, 0.6) is 5.75 Å². The molecule has 2 aromatic rings. The standard InChI is InChI=1S/C15H19NO2/c1-9(2)8-16-10(3)15(11(4)17)13-7-12(18)5-6-14(13)16/h5-7,9,18H,8H2,1-4H3. The van der Waals surface area contributed by atoms with Gasteiger partial charge in [-0.05, 0) is 38.0 Å². The molecule has 0 bridgehead atoms. The molecule has 1 heterocycles. The Balaban J connectivity index is 2.78. The lowest BCUT2D eigenvalue weighted by molar-refractivity contribution is 0.101. The number of benzene rings is 1. The van der Waals surface area contributed by atoms with Gasteiger partial charge in [-0.25, -0.2) is 0 Å². The SMILES string of the molecule is CC(=O)c1c(C)n(CC(C)C)c2ccc(O)cc12. The molecule has 1 aromatic heterocycles. The van der Waals surface area contributed by atoms with Gasteiger partial charge in [-0.3, -0.25) is 4.79 Å². The summed E-state index contributed by atoms with van der Waals surface area (Å²) in [5.74, 6) is 0.755. The van der Waals surface area contributed by atoms with Gasteiger partial charge in [0.1, 0.15) is 5.75 Å². The maximum atomic E-state index is 11.8. The van der Waals surface area contributed by atoms with E-state index in [0.29, 0.717) is 5.92 Å². The number of ketones is 1. The van der Waals surface area contributed by atoms with Gasteiger partial charge >= 0.3 is 0 Å². The van der Waals surface area contributed by atoms with E-state index < -0.39 is 0 Å². The summed E-state index contributed by atoms with van der Waals surface area (Å²) in [6.07, 6.45) is 0. The number of carbonyl (C=O) groups is 1. The molecule has 0 aliphatic carbocycles. The predicted molar refractivity (Wildman–Crippen MR) is 73.2 cm³/mol. The van der Waals surface area contributed by atoms with Crippen LogP contribution in [0.25, 0.3) is 10.9 Å². The summed E-state index contributed by atoms with van der Waals surface area (Å²) in [5.41, 5.74) is 2.72. The van der Waals surface area contributed by atoms with E-state index in [1.807, 2.05) is 13.0 Å². The van der Waals surface area contributed by atoms with Gasteiger partial charge in [-0.2, -0.15) is 0 Å². The number of Topliss-reactive ketones (excluding diaryl/α,β-unsaturated/α-hetero) is 1. The largest absolute Gasteiger partial charge is 0.508 e. The van der Waals surface area contributed by atoms with Crippen LogP contribution in [-0.2, 0) is 6.54 Å². The summed E-state index contributed by atoms with van der Waals surface area (Å²) >= 11 is 0. The molecule has 1 N–H and O–H groups in total. The molecule has 0 fully saturated rings. The average Bonchev–Trinajstić information content (AvgIpc) is 2.50. The molecule has 0 aliphatic heterocycles. The zero-order valence-corrected chi connectivity index (χ0v) is 11.3. The van der Waals surface area contributed by atoms with Crippen molar-refractivity contribution in [2.75, 3.05) is 0 Å². The second kappa shape index (κ2) is 4.48. The molecule has 2 rings (SSSR count). The Morgan fingerprint density at radius 2 is 2.06 bits per heavy atom. The van der Waals surface area contributed by atoms with E-state index in [0.717, 1.165) is 28.7 Å². The van der Waals surface area contributed by atoms with Crippen LogP contribution in [0.1, 0.15) is 36.8 Å². The fraction of sp³-hybridized carbons (Fsp3) is 0.400. The Bertz CT molecular complexity index is 608. The molecule has 0 radical (unpaired) electrons. The second-order valence-electron chi connectivity index (χ2n) is 5.22. The van der Waals surface area contributed by atoms with E-state index in [1.54, 1.807) is 19.1 Å². The number of phenolic OH excluding ortho intramolecular Hbond substituents is 1. The van der Waals surface area contributed by atoms with Crippen molar-refractivity contribution < 1.29 is 9.90 Å². The van der Waals surface area contributed by atoms with Crippen LogP contribution < -0.4 is 0 Å². The maximum absolute atomic E-state index is 11.8. The molecule has 3 nitrogen and oxygen atoms in total. The van der Waals surface area contributed by atoms with Crippen molar-refractivity contribution in [2.24, 2.45) is 5.92 Å². The Hall–Kier alpha value is -1.77. The van der Waals surface area contributed by atoms with Crippen LogP contribution in [0.15, 0.2) is 18.2 Å². The van der Waals surface area contributed by atoms with Crippen molar-refractivity contribution in [2.45, 2.75) is 34.2 Å². The first-order valence-electron chi connectivity index (χ1n) is 6.24. The smallest absolute Gasteiger partial charge is 0.162 e. The molecule has 1 aromatic carbocycles. The fourth-order valence-corrected chi connectivity index (χ4v) is 2.51. The minimum Gasteiger partial charge on any atom is -0.508 e. The van der Waals surface area contributed by atoms with Crippen molar-refractivity contribution in [3.8, 4) is 5.75 Å². The van der Waals surface area contributed by atoms with Crippen LogP contribution in [-0.4, -0.2) is 15.5 Å². The van der Waals surface area contributed by atoms with Crippen molar-refractivity contribution >= 4 is 16.7 Å². The normalized spacial score (nSPS) is 11.4. The van der Waals surface area contributed by atoms with E-state index in [1.165, 1.54) is 0 Å². The number of phenols is 1. The molecule has 3 heteroatoms. The Labute approximate surface area is 107 Å². The molecule has 0 unspecified atom stereocenters. The average molecular weight is 245 g/mol. The number of carbonyl (C=O) groups excluding carboxylic acids is 1. The number of aromatic nitrogens is 1. The summed E-state index contributed by atoms with van der Waals surface area (Å²) in [4.78, 5) is 11.8. The lowest BCUT2D eigenvalue weighted by atomic mass is 10.1. The molecule has 0 saturated heterocycles. The van der Waals surface area contributed by atoms with Gasteiger partial charge in [-0.15, -0.1) is 0 Å². The van der Waals surface area contributed by atoms with Crippen molar-refractivity contribution in [3.05, 3.63) is 29.5 Å². The van der Waals surface area contributed by atoms with E-state index in [4.69, 9.17) is 0 Å². The second-order valence-corrected chi connectivity index (χ2v) is 5.22. The third kappa shape index (κ3) is 2.01. The minimum absolute atomic E-state index is 0.0469. The van der Waals surface area contributed by atoms with Gasteiger partial charge < -0.3 is 9.67 Å². The highest BCUT2D eigenvalue weighted by Gasteiger charge is 2.17. The van der Waals surface area contributed by atoms with Gasteiger partial charge in [0, 0.05) is 28.7 Å². The van der Waals surface area contributed by atoms with Crippen LogP contribution in [0.3, 0.4) is 0 Å². The molecule has 96 valence electrons. The molecule has 0 amide bonds. The topological polar surface area (TPSA) is 42.2 Å². The summed E-state index contributed by atoms with van der Waals surface area (Å²) < 4.78 is 2.16. The number of fused-ring (bicyclic) bond motifs is 1. The van der Waals surface area contributed by atoms with Gasteiger partial charge in [0.25, 0.3) is 0 Å². The van der Waals surface area contributed by atoms with E-state index >= 15 is 0 Å². The number of hydrogen-bond acceptors (Lipinski definition) is 2. The van der Waals surface area contributed by atoms with Gasteiger partial charge in [0.15, 0.2) is 5.78 Å². The van der Waals surface area contributed by atoms with Crippen molar-refractivity contribution in [1.82, 2.24) is 4.57 Å². The molecule has 0 aliphatic rings. The van der Waals surface area contributed by atoms with E-state index in [-0.39, 0.29) is 11.5 Å². The Morgan fingerprint density at radius 1 is 1.39 bits per heavy atom. The molecule has 18 heavy (non-hydrogen) atoms. The monoisotopic (exact) mass is 245 g/mol. The zero-order valence-electron chi connectivity index (χ0n) is 11.3. The summed E-state index contributed by atoms with van der Waals surface area (Å²) in [6, 6.07) is 5.23. The van der Waals surface area contributed by atoms with Gasteiger partial charge in [0.05, 0.1) is 0 Å². The summed E-state index contributed by atoms with van der Waals surface area (Å²) in [7, 11) is 0. The van der Waals surface area contributed by atoms with Crippen LogP contribution >= 0.6 is 0 Å². The van der Waals surface area contributed by atoms with Crippen LogP contribution in [0.4, 0.5) is 0 Å². The molecule has 0 saturated carbocycles. The predicted octanol–water partition coefficient (Wildman–Crippen LogP) is 3.51. The molecule has 0 spiro atoms. The van der Waals surface area contributed by atoms with Crippen molar-refractivity contribution in [1.29, 1.82) is 0 Å². The first kappa shape index (κ1) is 12.7. The molecular formula is C15H19NO2. The summed E-state index contributed by atoms with van der Waals surface area (Å²) in [6.45, 7) is 8.72. The molecule has 0 atom stereocenters. The minimum atomic E-state index is 0.0469. The zero-order chi connectivity index (χ0) is 13.4. The quantitative estimate of drug-likeness (QED) is 0.841. The maximum Gasteiger partial charge on any atom is 0.162 e. The number of hydrogen-bond donors (Lipinski definition) is 1. The first-order valence-corrected chi connectivity index (χ1v) is 6.24. The Kier molecular flexibility index (Phi) is 3.16. The number of nitrogens with zero attached hydrogens (tertiary/aromatic N) is 1. The van der Waals surface area contributed by atoms with Gasteiger partial charge in [0.2, 0.25) is 0 Å². The van der Waals surface area contributed by atoms with Gasteiger partial charge in [-0.1, -0.05) is 13.8 Å². The third-order valence-electron chi connectivity index (χ3n) is 3.21. The third-order valence-corrected chi connectivity index (χ3v) is 3.21. The lowest BCUT2D eigenvalue weighted by Gasteiger charge is -2.11. The lowest BCUT2D eigenvalue weighted by Crippen LogP contribution is -2.07. The first-order chi connectivity index (χ1) is 8.41. The fourth-order valence-electron chi connectivity index (χ4n) is 2.51. The van der Waals surface area contributed by atoms with Crippen LogP contribution in [0, 0.1) is 12.8 Å². The van der Waals surface area contributed by atoms with Crippen molar-refractivity contribution in [3.63, 3.8) is 0 Å². The summed E-state index contributed by atoms with van der Waals surface area (Å²) in [5, 5.41) is 10.4. The highest BCUT2D eigenvalue weighted by Crippen LogP contribution is 2.30. The number of aromatic hydroxyl groups is 1.